The Hall–Kier alpha value is -5.84. The van der Waals surface area contributed by atoms with Crippen LogP contribution in [0.5, 0.6) is 0 Å². The molecule has 9 nitrogen and oxygen atoms in total. The van der Waals surface area contributed by atoms with E-state index in [4.69, 9.17) is 0 Å². The minimum absolute atomic E-state index is 0.132. The van der Waals surface area contributed by atoms with E-state index < -0.39 is 34.6 Å². The van der Waals surface area contributed by atoms with Gasteiger partial charge >= 0.3 is 0 Å². The fourth-order valence-corrected chi connectivity index (χ4v) is 5.58. The third-order valence-corrected chi connectivity index (χ3v) is 8.10. The maximum absolute atomic E-state index is 14.5. The number of benzene rings is 3. The molecule has 0 bridgehead atoms. The summed E-state index contributed by atoms with van der Waals surface area (Å²) in [6.07, 6.45) is 7.84. The van der Waals surface area contributed by atoms with Crippen LogP contribution in [0.1, 0.15) is 22.3 Å². The van der Waals surface area contributed by atoms with Gasteiger partial charge in [-0.25, -0.2) is 13.8 Å². The van der Waals surface area contributed by atoms with Gasteiger partial charge in [0.1, 0.15) is 17.4 Å². The number of carbonyl (C=O) groups excluding carboxylic acids is 2. The molecule has 6 rings (SSSR count). The number of anilines is 1. The minimum Gasteiger partial charge on any atom is -0.507 e. The van der Waals surface area contributed by atoms with E-state index in [0.29, 0.717) is 31.7 Å². The van der Waals surface area contributed by atoms with Crippen molar-refractivity contribution in [3.63, 3.8) is 0 Å². The van der Waals surface area contributed by atoms with E-state index in [9.17, 15) is 28.3 Å². The zero-order valence-corrected chi connectivity index (χ0v) is 25.3. The third-order valence-electron chi connectivity index (χ3n) is 8.10. The molecule has 5 aromatic rings. The SMILES string of the molecule is O=C(/C=C(/O)c1cc(Cc2ccc(F)cc2)cn(Cc2ccccc2F)c1=O)C(=O)N1CCN(c2ccc(-n3ccnc3)cc2)CC1. The number of piperazine rings is 1. The summed E-state index contributed by atoms with van der Waals surface area (Å²) in [7, 11) is 0. The van der Waals surface area contributed by atoms with Crippen LogP contribution in [0.2, 0.25) is 0 Å². The minimum atomic E-state index is -0.968. The Morgan fingerprint density at radius 1 is 0.872 bits per heavy atom. The van der Waals surface area contributed by atoms with Gasteiger partial charge in [-0.3, -0.25) is 14.4 Å². The van der Waals surface area contributed by atoms with Crippen molar-refractivity contribution in [3.05, 3.63) is 154 Å². The summed E-state index contributed by atoms with van der Waals surface area (Å²) < 4.78 is 31.1. The smallest absolute Gasteiger partial charge is 0.294 e. The molecule has 0 aliphatic carbocycles. The summed E-state index contributed by atoms with van der Waals surface area (Å²) in [5.41, 5.74) is 2.60. The number of rotatable bonds is 9. The predicted octanol–water partition coefficient (Wildman–Crippen LogP) is 4.77. The summed E-state index contributed by atoms with van der Waals surface area (Å²) in [5, 5.41) is 11.0. The Bertz CT molecular complexity index is 1980. The lowest BCUT2D eigenvalue weighted by Gasteiger charge is -2.35. The summed E-state index contributed by atoms with van der Waals surface area (Å²) in [6.45, 7) is 1.47. The topological polar surface area (TPSA) is 101 Å². The highest BCUT2D eigenvalue weighted by molar-refractivity contribution is 6.41. The van der Waals surface area contributed by atoms with Crippen LogP contribution in [0, 0.1) is 11.6 Å². The number of carbonyl (C=O) groups is 2. The highest BCUT2D eigenvalue weighted by atomic mass is 19.1. The molecule has 3 heterocycles. The van der Waals surface area contributed by atoms with Crippen LogP contribution in [-0.2, 0) is 22.6 Å². The molecule has 1 saturated heterocycles. The van der Waals surface area contributed by atoms with Gasteiger partial charge in [-0.05, 0) is 66.1 Å². The van der Waals surface area contributed by atoms with Crippen molar-refractivity contribution in [2.45, 2.75) is 13.0 Å². The van der Waals surface area contributed by atoms with E-state index in [1.54, 1.807) is 36.8 Å². The van der Waals surface area contributed by atoms with Crippen LogP contribution in [0.25, 0.3) is 11.4 Å². The Labute approximate surface area is 269 Å². The number of hydrogen-bond acceptors (Lipinski definition) is 6. The van der Waals surface area contributed by atoms with Crippen molar-refractivity contribution >= 4 is 23.1 Å². The standard InChI is InChI=1S/C36H31F2N5O4/c37-28-7-5-25(6-8-28)19-26-20-31(35(46)43(22-26)23-27-3-1-2-4-32(27)38)33(44)21-34(45)36(47)41-17-15-40(16-18-41)29-9-11-30(12-10-29)42-14-13-39-24-42/h1-14,20-22,24,44H,15-19,23H2/b33-21+. The van der Waals surface area contributed by atoms with Crippen LogP contribution >= 0.6 is 0 Å². The van der Waals surface area contributed by atoms with Gasteiger partial charge in [0.2, 0.25) is 5.78 Å². The fraction of sp³-hybridized carbons (Fsp3) is 0.167. The second-order valence-electron chi connectivity index (χ2n) is 11.2. The number of halogens is 2. The molecule has 11 heteroatoms. The Balaban J connectivity index is 1.18. The van der Waals surface area contributed by atoms with Crippen molar-refractivity contribution in [2.24, 2.45) is 0 Å². The van der Waals surface area contributed by atoms with Crippen molar-refractivity contribution in [1.29, 1.82) is 0 Å². The zero-order chi connectivity index (χ0) is 32.9. The lowest BCUT2D eigenvalue weighted by atomic mass is 10.0. The number of nitrogens with zero attached hydrogens (tertiary/aromatic N) is 5. The molecule has 1 N–H and O–H groups in total. The number of amides is 1. The maximum atomic E-state index is 14.5. The van der Waals surface area contributed by atoms with Gasteiger partial charge < -0.3 is 24.0 Å². The van der Waals surface area contributed by atoms with E-state index in [1.165, 1.54) is 46.0 Å². The number of pyridine rings is 1. The number of aromatic nitrogens is 3. The number of aliphatic hydroxyl groups excluding tert-OH is 1. The fourth-order valence-electron chi connectivity index (χ4n) is 5.58. The Morgan fingerprint density at radius 3 is 2.26 bits per heavy atom. The first-order valence-corrected chi connectivity index (χ1v) is 15.0. The van der Waals surface area contributed by atoms with Crippen LogP contribution < -0.4 is 10.5 Å². The molecular weight excluding hydrogens is 604 g/mol. The van der Waals surface area contributed by atoms with Gasteiger partial charge in [0.05, 0.1) is 18.4 Å². The molecule has 0 saturated carbocycles. The number of ketones is 1. The molecule has 2 aromatic heterocycles. The second-order valence-corrected chi connectivity index (χ2v) is 11.2. The molecule has 3 aromatic carbocycles. The molecule has 1 aliphatic heterocycles. The second kappa shape index (κ2) is 13.7. The lowest BCUT2D eigenvalue weighted by molar-refractivity contribution is -0.142. The molecule has 0 unspecified atom stereocenters. The van der Waals surface area contributed by atoms with Crippen molar-refractivity contribution in [2.75, 3.05) is 31.1 Å². The van der Waals surface area contributed by atoms with Crippen LogP contribution in [-0.4, -0.2) is 62.0 Å². The van der Waals surface area contributed by atoms with Crippen molar-refractivity contribution in [1.82, 2.24) is 19.0 Å². The van der Waals surface area contributed by atoms with Crippen molar-refractivity contribution < 1.29 is 23.5 Å². The van der Waals surface area contributed by atoms with Crippen LogP contribution in [0.15, 0.2) is 115 Å². The van der Waals surface area contributed by atoms with Gasteiger partial charge in [-0.15, -0.1) is 0 Å². The molecular formula is C36H31F2N5O4. The van der Waals surface area contributed by atoms with Crippen LogP contribution in [0.4, 0.5) is 14.5 Å². The molecule has 0 atom stereocenters. The molecule has 1 aliphatic rings. The highest BCUT2D eigenvalue weighted by Crippen LogP contribution is 2.20. The van der Waals surface area contributed by atoms with E-state index in [1.807, 2.05) is 35.0 Å². The Kier molecular flexibility index (Phi) is 9.05. The quantitative estimate of drug-likeness (QED) is 0.142. The molecule has 47 heavy (non-hydrogen) atoms. The molecule has 0 radical (unpaired) electrons. The molecule has 238 valence electrons. The summed E-state index contributed by atoms with van der Waals surface area (Å²) in [4.78, 5) is 47.2. The van der Waals surface area contributed by atoms with Gasteiger partial charge in [0.15, 0.2) is 0 Å². The zero-order valence-electron chi connectivity index (χ0n) is 25.3. The predicted molar refractivity (Wildman–Crippen MR) is 173 cm³/mol. The normalized spacial score (nSPS) is 13.5. The van der Waals surface area contributed by atoms with Gasteiger partial charge in [-0.2, -0.15) is 0 Å². The summed E-state index contributed by atoms with van der Waals surface area (Å²) in [6, 6.07) is 21.2. The van der Waals surface area contributed by atoms with Crippen LogP contribution in [0.3, 0.4) is 0 Å². The Morgan fingerprint density at radius 2 is 1.57 bits per heavy atom. The van der Waals surface area contributed by atoms with E-state index >= 15 is 0 Å². The van der Waals surface area contributed by atoms with E-state index in [-0.39, 0.29) is 24.1 Å². The first-order chi connectivity index (χ1) is 22.7. The lowest BCUT2D eigenvalue weighted by Crippen LogP contribution is -2.50. The average Bonchev–Trinajstić information content (AvgIpc) is 3.63. The number of imidazole rings is 1. The summed E-state index contributed by atoms with van der Waals surface area (Å²) in [5.74, 6) is -3.33. The third kappa shape index (κ3) is 7.19. The summed E-state index contributed by atoms with van der Waals surface area (Å²) >= 11 is 0. The van der Waals surface area contributed by atoms with Crippen molar-refractivity contribution in [3.8, 4) is 5.69 Å². The molecule has 1 amide bonds. The monoisotopic (exact) mass is 635 g/mol. The van der Waals surface area contributed by atoms with Gasteiger partial charge in [0, 0.05) is 67.8 Å². The van der Waals surface area contributed by atoms with Gasteiger partial charge in [0.25, 0.3) is 11.5 Å². The largest absolute Gasteiger partial charge is 0.507 e. The first kappa shape index (κ1) is 31.2. The average molecular weight is 636 g/mol. The maximum Gasteiger partial charge on any atom is 0.294 e. The van der Waals surface area contributed by atoms with E-state index in [0.717, 1.165) is 23.0 Å². The van der Waals surface area contributed by atoms with E-state index in [2.05, 4.69) is 9.88 Å². The molecule has 1 fully saturated rings. The number of hydrogen-bond donors (Lipinski definition) is 1. The van der Waals surface area contributed by atoms with Gasteiger partial charge in [-0.1, -0.05) is 30.3 Å². The first-order valence-electron chi connectivity index (χ1n) is 15.0. The highest BCUT2D eigenvalue weighted by Gasteiger charge is 2.26. The molecule has 0 spiro atoms. The number of aliphatic hydroxyl groups is 1.